The van der Waals surface area contributed by atoms with Crippen molar-refractivity contribution in [2.45, 2.75) is 18.9 Å². The minimum Gasteiger partial charge on any atom is -0.486 e. The van der Waals surface area contributed by atoms with Gasteiger partial charge >= 0.3 is 0 Å². The molecule has 0 aliphatic carbocycles. The predicted molar refractivity (Wildman–Crippen MR) is 120 cm³/mol. The average Bonchev–Trinajstić information content (AvgIpc) is 3.33. The van der Waals surface area contributed by atoms with Crippen molar-refractivity contribution in [1.29, 1.82) is 0 Å². The van der Waals surface area contributed by atoms with Gasteiger partial charge in [0.05, 0.1) is 12.0 Å². The number of fused-ring (bicyclic) bond motifs is 1. The molecule has 0 spiro atoms. The van der Waals surface area contributed by atoms with E-state index in [-0.39, 0.29) is 29.6 Å². The molecule has 0 aromatic heterocycles. The minimum atomic E-state index is -0.193. The van der Waals surface area contributed by atoms with Crippen molar-refractivity contribution < 1.29 is 19.1 Å². The number of carbonyl (C=O) groups is 2. The van der Waals surface area contributed by atoms with Crippen LogP contribution in [0.3, 0.4) is 0 Å². The van der Waals surface area contributed by atoms with E-state index in [1.165, 1.54) is 0 Å². The third-order valence-electron chi connectivity index (χ3n) is 6.53. The number of Topliss-reactive ketones (excluding diaryl/α,β-unsaturated/α-hetero) is 1. The summed E-state index contributed by atoms with van der Waals surface area (Å²) in [5.74, 6) is 1.26. The molecule has 32 heavy (non-hydrogen) atoms. The Kier molecular flexibility index (Phi) is 6.04. The maximum atomic E-state index is 13.3. The third-order valence-corrected chi connectivity index (χ3v) is 6.78. The number of rotatable bonds is 4. The van der Waals surface area contributed by atoms with Crippen LogP contribution < -0.4 is 20.3 Å². The number of nitrogens with one attached hydrogen (secondary N) is 2. The van der Waals surface area contributed by atoms with Crippen LogP contribution in [0.2, 0.25) is 5.02 Å². The van der Waals surface area contributed by atoms with E-state index < -0.39 is 0 Å². The summed E-state index contributed by atoms with van der Waals surface area (Å²) in [5.41, 5.74) is 8.01. The lowest BCUT2D eigenvalue weighted by Gasteiger charge is -2.34. The Morgan fingerprint density at radius 2 is 1.69 bits per heavy atom. The van der Waals surface area contributed by atoms with Crippen molar-refractivity contribution in [3.05, 3.63) is 58.6 Å². The topological polar surface area (TPSA) is 79.9 Å². The average molecular weight is 456 g/mol. The number of hydrogen-bond donors (Lipinski definition) is 2. The van der Waals surface area contributed by atoms with E-state index in [1.54, 1.807) is 18.2 Å². The zero-order valence-corrected chi connectivity index (χ0v) is 18.4. The number of piperidine rings is 1. The molecule has 3 aliphatic heterocycles. The van der Waals surface area contributed by atoms with Gasteiger partial charge in [-0.05, 0) is 48.7 Å². The van der Waals surface area contributed by atoms with Crippen LogP contribution in [0.4, 0.5) is 0 Å². The molecule has 2 fully saturated rings. The lowest BCUT2D eigenvalue weighted by Crippen LogP contribution is -2.44. The normalized spacial score (nSPS) is 23.2. The molecule has 5 rings (SSSR count). The van der Waals surface area contributed by atoms with Gasteiger partial charge in [-0.3, -0.25) is 15.0 Å². The smallest absolute Gasteiger partial charge is 0.229 e. The molecule has 2 aromatic carbocycles. The van der Waals surface area contributed by atoms with Gasteiger partial charge in [0, 0.05) is 36.1 Å². The van der Waals surface area contributed by atoms with Crippen molar-refractivity contribution >= 4 is 23.3 Å². The van der Waals surface area contributed by atoms with Crippen LogP contribution in [-0.4, -0.2) is 49.4 Å². The summed E-state index contributed by atoms with van der Waals surface area (Å²) in [6.45, 7) is 2.76. The second kappa shape index (κ2) is 9.10. The molecular formula is C24H26ClN3O4. The maximum absolute atomic E-state index is 13.3. The summed E-state index contributed by atoms with van der Waals surface area (Å²) in [6.07, 6.45) is 1.33. The number of ketones is 1. The van der Waals surface area contributed by atoms with Gasteiger partial charge in [-0.2, -0.15) is 0 Å². The van der Waals surface area contributed by atoms with Crippen LogP contribution in [0.15, 0.2) is 42.5 Å². The monoisotopic (exact) mass is 455 g/mol. The summed E-state index contributed by atoms with van der Waals surface area (Å²) in [5, 5.41) is 0.673. The first-order valence-electron chi connectivity index (χ1n) is 11.1. The van der Waals surface area contributed by atoms with Crippen LogP contribution in [-0.2, 0) is 4.79 Å². The van der Waals surface area contributed by atoms with Crippen LogP contribution in [0, 0.1) is 11.8 Å². The summed E-state index contributed by atoms with van der Waals surface area (Å²) in [4.78, 5) is 28.2. The molecule has 2 unspecified atom stereocenters. The van der Waals surface area contributed by atoms with Crippen molar-refractivity contribution in [2.75, 3.05) is 32.8 Å². The zero-order valence-electron chi connectivity index (χ0n) is 17.7. The molecular weight excluding hydrogens is 430 g/mol. The molecule has 2 atom stereocenters. The molecule has 0 saturated carbocycles. The molecule has 168 valence electrons. The Bertz CT molecular complexity index is 1000. The maximum Gasteiger partial charge on any atom is 0.229 e. The fourth-order valence-electron chi connectivity index (χ4n) is 4.74. The summed E-state index contributed by atoms with van der Waals surface area (Å²) < 4.78 is 11.2. The van der Waals surface area contributed by atoms with Gasteiger partial charge in [-0.25, -0.2) is 5.43 Å². The molecule has 2 N–H and O–H groups in total. The van der Waals surface area contributed by atoms with Gasteiger partial charge in [-0.15, -0.1) is 0 Å². The van der Waals surface area contributed by atoms with Crippen molar-refractivity contribution in [3.63, 3.8) is 0 Å². The van der Waals surface area contributed by atoms with E-state index in [0.717, 1.165) is 5.56 Å². The molecule has 3 aliphatic rings. The predicted octanol–water partition coefficient (Wildman–Crippen LogP) is 3.00. The quantitative estimate of drug-likeness (QED) is 0.690. The lowest BCUT2D eigenvalue weighted by atomic mass is 9.87. The van der Waals surface area contributed by atoms with Gasteiger partial charge in [-0.1, -0.05) is 23.7 Å². The molecule has 2 saturated heterocycles. The van der Waals surface area contributed by atoms with E-state index >= 15 is 0 Å². The lowest BCUT2D eigenvalue weighted by molar-refractivity contribution is -0.136. The molecule has 0 radical (unpaired) electrons. The molecule has 1 amide bonds. The molecule has 7 nitrogen and oxygen atoms in total. The van der Waals surface area contributed by atoms with Gasteiger partial charge in [0.25, 0.3) is 0 Å². The van der Waals surface area contributed by atoms with E-state index in [0.29, 0.717) is 67.8 Å². The molecule has 0 bridgehead atoms. The first-order valence-corrected chi connectivity index (χ1v) is 11.4. The first kappa shape index (κ1) is 21.2. The second-order valence-electron chi connectivity index (χ2n) is 8.48. The Balaban J connectivity index is 1.21. The Labute approximate surface area is 192 Å². The third kappa shape index (κ3) is 4.20. The molecule has 3 heterocycles. The first-order chi connectivity index (χ1) is 15.6. The van der Waals surface area contributed by atoms with E-state index in [4.69, 9.17) is 21.1 Å². The fourth-order valence-corrected chi connectivity index (χ4v) is 4.87. The second-order valence-corrected chi connectivity index (χ2v) is 8.92. The van der Waals surface area contributed by atoms with Crippen molar-refractivity contribution in [2.24, 2.45) is 11.8 Å². The van der Waals surface area contributed by atoms with Crippen LogP contribution >= 0.6 is 11.6 Å². The van der Waals surface area contributed by atoms with Crippen molar-refractivity contribution in [3.8, 4) is 11.5 Å². The fraction of sp³-hybridized carbons (Fsp3) is 0.417. The van der Waals surface area contributed by atoms with Gasteiger partial charge in [0.2, 0.25) is 5.91 Å². The summed E-state index contributed by atoms with van der Waals surface area (Å²) >= 11 is 6.01. The Morgan fingerprint density at radius 3 is 2.44 bits per heavy atom. The van der Waals surface area contributed by atoms with Crippen LogP contribution in [0.25, 0.3) is 0 Å². The van der Waals surface area contributed by atoms with Gasteiger partial charge < -0.3 is 14.4 Å². The van der Waals surface area contributed by atoms with Crippen LogP contribution in [0.1, 0.15) is 34.8 Å². The largest absolute Gasteiger partial charge is 0.486 e. The highest BCUT2D eigenvalue weighted by Gasteiger charge is 2.38. The van der Waals surface area contributed by atoms with Crippen LogP contribution in [0.5, 0.6) is 11.5 Å². The highest BCUT2D eigenvalue weighted by molar-refractivity contribution is 6.30. The number of amides is 1. The number of nitrogens with zero attached hydrogens (tertiary/aromatic N) is 1. The Morgan fingerprint density at radius 1 is 0.969 bits per heavy atom. The molecule has 2 aromatic rings. The SMILES string of the molecule is O=C(c1ccc2c(c1)OCCO2)C1CCN(C(=O)C2CNNC2c2ccc(Cl)cc2)CC1. The van der Waals surface area contributed by atoms with Gasteiger partial charge in [0.15, 0.2) is 17.3 Å². The number of benzene rings is 2. The zero-order chi connectivity index (χ0) is 22.1. The van der Waals surface area contributed by atoms with E-state index in [2.05, 4.69) is 10.9 Å². The number of carbonyl (C=O) groups excluding carboxylic acids is 2. The van der Waals surface area contributed by atoms with E-state index in [9.17, 15) is 9.59 Å². The summed E-state index contributed by atoms with van der Waals surface area (Å²) in [7, 11) is 0. The minimum absolute atomic E-state index is 0.0894. The number of hydrazine groups is 1. The number of ether oxygens (including phenoxy) is 2. The van der Waals surface area contributed by atoms with Gasteiger partial charge in [0.1, 0.15) is 13.2 Å². The highest BCUT2D eigenvalue weighted by atomic mass is 35.5. The standard InChI is InChI=1S/C24H26ClN3O4/c25-18-4-1-15(2-5-18)22-19(14-26-27-22)24(30)28-9-7-16(8-10-28)23(29)17-3-6-20-21(13-17)32-12-11-31-20/h1-6,13,16,19,22,26-27H,7-12,14H2. The number of hydrogen-bond acceptors (Lipinski definition) is 6. The number of halogens is 1. The number of likely N-dealkylation sites (tertiary alicyclic amines) is 1. The van der Waals surface area contributed by atoms with E-state index in [1.807, 2.05) is 29.2 Å². The Hall–Kier alpha value is -2.61. The summed E-state index contributed by atoms with van der Waals surface area (Å²) in [6, 6.07) is 12.9. The van der Waals surface area contributed by atoms with Crippen molar-refractivity contribution in [1.82, 2.24) is 15.8 Å². The molecule has 8 heteroatoms. The highest BCUT2D eigenvalue weighted by Crippen LogP contribution is 2.33.